The van der Waals surface area contributed by atoms with Gasteiger partial charge in [0.05, 0.1) is 0 Å². The Kier molecular flexibility index (Phi) is 2.67. The zero-order chi connectivity index (χ0) is 9.97. The highest BCUT2D eigenvalue weighted by atomic mass is 16.1. The maximum atomic E-state index is 11.8. The summed E-state index contributed by atoms with van der Waals surface area (Å²) in [5.74, 6) is 0.589. The van der Waals surface area contributed by atoms with Crippen LogP contribution >= 0.6 is 0 Å². The summed E-state index contributed by atoms with van der Waals surface area (Å²) in [4.78, 5) is 11.8. The monoisotopic (exact) mass is 188 g/mol. The lowest BCUT2D eigenvalue weighted by molar-refractivity contribution is -0.120. The first-order valence-corrected chi connectivity index (χ1v) is 5.43. The number of aryl methyl sites for hydroxylation is 1. The molecule has 1 nitrogen and oxygen atoms in total. The van der Waals surface area contributed by atoms with E-state index in [4.69, 9.17) is 0 Å². The van der Waals surface area contributed by atoms with Gasteiger partial charge in [0.25, 0.3) is 0 Å². The van der Waals surface area contributed by atoms with Crippen LogP contribution in [0.3, 0.4) is 0 Å². The normalized spacial score (nSPS) is 21.5. The van der Waals surface area contributed by atoms with Gasteiger partial charge in [0.15, 0.2) is 0 Å². The largest absolute Gasteiger partial charge is 0.299 e. The van der Waals surface area contributed by atoms with Crippen molar-refractivity contribution in [3.05, 3.63) is 35.4 Å². The minimum Gasteiger partial charge on any atom is -0.299 e. The number of hydrogen-bond acceptors (Lipinski definition) is 1. The van der Waals surface area contributed by atoms with E-state index in [1.165, 1.54) is 11.1 Å². The van der Waals surface area contributed by atoms with Crippen LogP contribution in [0.4, 0.5) is 0 Å². The average molecular weight is 188 g/mol. The van der Waals surface area contributed by atoms with E-state index < -0.39 is 0 Å². The van der Waals surface area contributed by atoms with Crippen molar-refractivity contribution in [2.75, 3.05) is 0 Å². The number of hydrogen-bond donors (Lipinski definition) is 0. The van der Waals surface area contributed by atoms with Gasteiger partial charge in [-0.3, -0.25) is 4.79 Å². The maximum Gasteiger partial charge on any atom is 0.140 e. The van der Waals surface area contributed by atoms with Crippen LogP contribution < -0.4 is 0 Å². The molecule has 2 rings (SSSR count). The first kappa shape index (κ1) is 9.45. The third-order valence-electron chi connectivity index (χ3n) is 3.10. The van der Waals surface area contributed by atoms with Gasteiger partial charge in [-0.2, -0.15) is 0 Å². The van der Waals surface area contributed by atoms with Gasteiger partial charge in [0.2, 0.25) is 0 Å². The molecule has 1 unspecified atom stereocenters. The van der Waals surface area contributed by atoms with Gasteiger partial charge >= 0.3 is 0 Å². The molecule has 1 aliphatic rings. The summed E-state index contributed by atoms with van der Waals surface area (Å²) < 4.78 is 0. The molecule has 1 aliphatic carbocycles. The molecule has 0 spiro atoms. The van der Waals surface area contributed by atoms with Crippen LogP contribution in [0.2, 0.25) is 0 Å². The Bertz CT molecular complexity index is 341. The molecule has 74 valence electrons. The van der Waals surface area contributed by atoms with Crippen molar-refractivity contribution in [2.45, 2.75) is 38.5 Å². The van der Waals surface area contributed by atoms with Crippen molar-refractivity contribution in [2.24, 2.45) is 0 Å². The van der Waals surface area contributed by atoms with Gasteiger partial charge in [0.1, 0.15) is 5.78 Å². The predicted molar refractivity (Wildman–Crippen MR) is 57.4 cm³/mol. The zero-order valence-corrected chi connectivity index (χ0v) is 8.62. The predicted octanol–water partition coefficient (Wildman–Crippen LogP) is 3.09. The molecule has 1 aromatic rings. The summed E-state index contributed by atoms with van der Waals surface area (Å²) in [5.41, 5.74) is 2.66. The van der Waals surface area contributed by atoms with Crippen LogP contribution in [0.1, 0.15) is 43.2 Å². The average Bonchev–Trinajstić information content (AvgIpc) is 2.36. The van der Waals surface area contributed by atoms with E-state index in [1.807, 2.05) is 6.07 Å². The molecule has 1 aromatic carbocycles. The van der Waals surface area contributed by atoms with Crippen molar-refractivity contribution >= 4 is 5.78 Å². The van der Waals surface area contributed by atoms with Crippen LogP contribution in [0.5, 0.6) is 0 Å². The molecule has 1 atom stereocenters. The molecule has 0 bridgehead atoms. The molecule has 0 aliphatic heterocycles. The smallest absolute Gasteiger partial charge is 0.140 e. The van der Waals surface area contributed by atoms with E-state index in [0.717, 1.165) is 25.7 Å². The molecule has 0 radical (unpaired) electrons. The summed E-state index contributed by atoms with van der Waals surface area (Å²) in [7, 11) is 0. The number of carbonyl (C=O) groups excluding carboxylic acids is 1. The summed E-state index contributed by atoms with van der Waals surface area (Å²) in [6, 6.07) is 8.39. The second-order valence-corrected chi connectivity index (χ2v) is 3.98. The molecule has 0 saturated heterocycles. The standard InChI is InChI=1S/C13H16O/c1-2-11-12-8-4-3-6-10(12)7-5-9-13(11)14/h3-4,6,8,11H,2,5,7,9H2,1H3. The fourth-order valence-corrected chi connectivity index (χ4v) is 2.35. The highest BCUT2D eigenvalue weighted by Gasteiger charge is 2.23. The Morgan fingerprint density at radius 2 is 2.07 bits per heavy atom. The summed E-state index contributed by atoms with van der Waals surface area (Å²) >= 11 is 0. The lowest BCUT2D eigenvalue weighted by Gasteiger charge is -2.13. The second-order valence-electron chi connectivity index (χ2n) is 3.98. The molecule has 0 fully saturated rings. The van der Waals surface area contributed by atoms with Gasteiger partial charge in [0, 0.05) is 12.3 Å². The summed E-state index contributed by atoms with van der Waals surface area (Å²) in [6.07, 6.45) is 3.79. The minimum absolute atomic E-state index is 0.161. The molecule has 0 N–H and O–H groups in total. The van der Waals surface area contributed by atoms with Crippen LogP contribution in [0, 0.1) is 0 Å². The number of rotatable bonds is 1. The Labute approximate surface area is 85.1 Å². The maximum absolute atomic E-state index is 11.8. The van der Waals surface area contributed by atoms with Crippen molar-refractivity contribution in [3.63, 3.8) is 0 Å². The first-order valence-electron chi connectivity index (χ1n) is 5.43. The zero-order valence-electron chi connectivity index (χ0n) is 8.62. The van der Waals surface area contributed by atoms with Crippen LogP contribution in [-0.2, 0) is 11.2 Å². The SMILES string of the molecule is CCC1C(=O)CCCc2ccccc21. The third-order valence-corrected chi connectivity index (χ3v) is 3.10. The topological polar surface area (TPSA) is 17.1 Å². The Morgan fingerprint density at radius 1 is 1.29 bits per heavy atom. The van der Waals surface area contributed by atoms with Crippen LogP contribution in [0.15, 0.2) is 24.3 Å². The molecular weight excluding hydrogens is 172 g/mol. The third kappa shape index (κ3) is 1.59. The first-order chi connectivity index (χ1) is 6.83. The Balaban J connectivity index is 2.44. The highest BCUT2D eigenvalue weighted by Crippen LogP contribution is 2.29. The van der Waals surface area contributed by atoms with Gasteiger partial charge < -0.3 is 0 Å². The molecule has 0 saturated carbocycles. The Hall–Kier alpha value is -1.11. The fourth-order valence-electron chi connectivity index (χ4n) is 2.35. The van der Waals surface area contributed by atoms with Crippen molar-refractivity contribution in [1.29, 1.82) is 0 Å². The molecule has 14 heavy (non-hydrogen) atoms. The van der Waals surface area contributed by atoms with Gasteiger partial charge in [-0.15, -0.1) is 0 Å². The van der Waals surface area contributed by atoms with E-state index >= 15 is 0 Å². The lowest BCUT2D eigenvalue weighted by Crippen LogP contribution is -2.10. The number of fused-ring (bicyclic) bond motifs is 1. The molecule has 0 amide bonds. The number of benzene rings is 1. The molecular formula is C13H16O. The molecule has 0 aromatic heterocycles. The van der Waals surface area contributed by atoms with Gasteiger partial charge in [-0.25, -0.2) is 0 Å². The van der Waals surface area contributed by atoms with Crippen molar-refractivity contribution < 1.29 is 4.79 Å². The number of ketones is 1. The van der Waals surface area contributed by atoms with Crippen LogP contribution in [-0.4, -0.2) is 5.78 Å². The fraction of sp³-hybridized carbons (Fsp3) is 0.462. The van der Waals surface area contributed by atoms with E-state index in [-0.39, 0.29) is 5.92 Å². The van der Waals surface area contributed by atoms with Gasteiger partial charge in [-0.1, -0.05) is 31.2 Å². The quantitative estimate of drug-likeness (QED) is 0.619. The van der Waals surface area contributed by atoms with E-state index in [1.54, 1.807) is 0 Å². The van der Waals surface area contributed by atoms with Crippen LogP contribution in [0.25, 0.3) is 0 Å². The van der Waals surface area contributed by atoms with E-state index in [2.05, 4.69) is 25.1 Å². The van der Waals surface area contributed by atoms with Crippen molar-refractivity contribution in [3.8, 4) is 0 Å². The highest BCUT2D eigenvalue weighted by molar-refractivity contribution is 5.86. The van der Waals surface area contributed by atoms with E-state index in [0.29, 0.717) is 5.78 Å². The van der Waals surface area contributed by atoms with E-state index in [9.17, 15) is 4.79 Å². The minimum atomic E-state index is 0.161. The molecule has 1 heteroatoms. The summed E-state index contributed by atoms with van der Waals surface area (Å²) in [6.45, 7) is 2.10. The number of carbonyl (C=O) groups is 1. The summed E-state index contributed by atoms with van der Waals surface area (Å²) in [5, 5.41) is 0. The van der Waals surface area contributed by atoms with Crippen molar-refractivity contribution in [1.82, 2.24) is 0 Å². The number of Topliss-reactive ketones (excluding diaryl/α,β-unsaturated/α-hetero) is 1. The van der Waals surface area contributed by atoms with Gasteiger partial charge in [-0.05, 0) is 30.4 Å². The molecule has 0 heterocycles. The second kappa shape index (κ2) is 3.95. The Morgan fingerprint density at radius 3 is 2.86 bits per heavy atom. The lowest BCUT2D eigenvalue weighted by atomic mass is 9.90.